The van der Waals surface area contributed by atoms with Crippen LogP contribution in [0.1, 0.15) is 29.3 Å². The molecule has 2 aromatic rings. The van der Waals surface area contributed by atoms with E-state index >= 15 is 0 Å². The zero-order chi connectivity index (χ0) is 12.4. The third kappa shape index (κ3) is 2.18. The Labute approximate surface area is 110 Å². The van der Waals surface area contributed by atoms with Crippen LogP contribution < -0.4 is 10.6 Å². The van der Waals surface area contributed by atoms with Gasteiger partial charge in [0.05, 0.1) is 18.4 Å². The van der Waals surface area contributed by atoms with Crippen LogP contribution in [0.3, 0.4) is 0 Å². The summed E-state index contributed by atoms with van der Waals surface area (Å²) in [6.45, 7) is 0. The Morgan fingerprint density at radius 2 is 2.22 bits per heavy atom. The predicted octanol–water partition coefficient (Wildman–Crippen LogP) is 3.07. The maximum atomic E-state index is 4.46. The summed E-state index contributed by atoms with van der Waals surface area (Å²) < 4.78 is 0. The van der Waals surface area contributed by atoms with Gasteiger partial charge in [0.2, 0.25) is 0 Å². The molecular formula is C13H16N4S. The summed E-state index contributed by atoms with van der Waals surface area (Å²) in [5.74, 6) is 1.63. The van der Waals surface area contributed by atoms with E-state index in [-0.39, 0.29) is 0 Å². The molecule has 0 saturated heterocycles. The minimum absolute atomic E-state index is 0.376. The second-order valence-corrected chi connectivity index (χ2v) is 5.43. The fraction of sp³-hybridized carbons (Fsp3) is 0.385. The molecular weight excluding hydrogens is 244 g/mol. The summed E-state index contributed by atoms with van der Waals surface area (Å²) in [5, 5.41) is 8.68. The lowest BCUT2D eigenvalue weighted by Crippen LogP contribution is -2.16. The summed E-state index contributed by atoms with van der Waals surface area (Å²) >= 11 is 1.86. The van der Waals surface area contributed by atoms with Crippen molar-refractivity contribution in [1.82, 2.24) is 9.97 Å². The molecule has 0 saturated carbocycles. The molecule has 4 nitrogen and oxygen atoms in total. The van der Waals surface area contributed by atoms with Crippen molar-refractivity contribution in [3.05, 3.63) is 34.3 Å². The van der Waals surface area contributed by atoms with Crippen molar-refractivity contribution in [2.24, 2.45) is 0 Å². The van der Waals surface area contributed by atoms with Crippen LogP contribution in [-0.4, -0.2) is 17.0 Å². The maximum Gasteiger partial charge on any atom is 0.147 e. The number of hydrogen-bond acceptors (Lipinski definition) is 5. The van der Waals surface area contributed by atoms with Crippen LogP contribution in [0.5, 0.6) is 0 Å². The molecule has 0 aliphatic heterocycles. The van der Waals surface area contributed by atoms with E-state index in [0.717, 1.165) is 18.1 Å². The molecule has 3 rings (SSSR count). The molecule has 1 unspecified atom stereocenters. The van der Waals surface area contributed by atoms with Gasteiger partial charge >= 0.3 is 0 Å². The number of nitrogens with zero attached hydrogens (tertiary/aromatic N) is 2. The number of anilines is 2. The van der Waals surface area contributed by atoms with E-state index in [1.807, 2.05) is 18.4 Å². The number of hydrogen-bond donors (Lipinski definition) is 2. The van der Waals surface area contributed by atoms with Crippen molar-refractivity contribution in [2.75, 3.05) is 17.7 Å². The summed E-state index contributed by atoms with van der Waals surface area (Å²) in [6, 6.07) is 2.60. The van der Waals surface area contributed by atoms with Crippen LogP contribution in [0.2, 0.25) is 0 Å². The second-order valence-electron chi connectivity index (χ2n) is 4.43. The molecule has 18 heavy (non-hydrogen) atoms. The van der Waals surface area contributed by atoms with Crippen LogP contribution in [0.15, 0.2) is 23.8 Å². The lowest BCUT2D eigenvalue weighted by Gasteiger charge is -2.24. The highest BCUT2D eigenvalue weighted by molar-refractivity contribution is 7.10. The standard InChI is InChI=1S/C13H16N4S/c1-14-12-7-15-8-13(17-12)16-10-3-2-4-11-9(10)5-6-18-11/h5-8,10H,2-4H2,1H3,(H2,14,16,17). The van der Waals surface area contributed by atoms with Gasteiger partial charge in [-0.3, -0.25) is 4.98 Å². The number of rotatable bonds is 3. The van der Waals surface area contributed by atoms with E-state index in [4.69, 9.17) is 0 Å². The molecule has 0 amide bonds. The molecule has 0 aromatic carbocycles. The van der Waals surface area contributed by atoms with E-state index in [1.54, 1.807) is 12.4 Å². The molecule has 0 radical (unpaired) electrons. The van der Waals surface area contributed by atoms with Crippen molar-refractivity contribution in [3.8, 4) is 0 Å². The van der Waals surface area contributed by atoms with E-state index in [9.17, 15) is 0 Å². The topological polar surface area (TPSA) is 49.8 Å². The summed E-state index contributed by atoms with van der Waals surface area (Å²) in [5.41, 5.74) is 1.43. The third-order valence-electron chi connectivity index (χ3n) is 3.26. The Morgan fingerprint density at radius 1 is 1.33 bits per heavy atom. The van der Waals surface area contributed by atoms with Crippen LogP contribution in [-0.2, 0) is 6.42 Å². The van der Waals surface area contributed by atoms with Gasteiger partial charge in [-0.2, -0.15) is 0 Å². The molecule has 2 aromatic heterocycles. The predicted molar refractivity (Wildman–Crippen MR) is 75.2 cm³/mol. The second kappa shape index (κ2) is 4.94. The quantitative estimate of drug-likeness (QED) is 0.890. The Balaban J connectivity index is 1.81. The van der Waals surface area contributed by atoms with Gasteiger partial charge in [0.1, 0.15) is 11.6 Å². The van der Waals surface area contributed by atoms with Crippen LogP contribution in [0.4, 0.5) is 11.6 Å². The van der Waals surface area contributed by atoms with Gasteiger partial charge in [-0.1, -0.05) is 0 Å². The minimum Gasteiger partial charge on any atom is -0.372 e. The normalized spacial score (nSPS) is 18.2. The van der Waals surface area contributed by atoms with Gasteiger partial charge in [-0.05, 0) is 36.3 Å². The van der Waals surface area contributed by atoms with Gasteiger partial charge in [0.15, 0.2) is 0 Å². The first-order valence-electron chi connectivity index (χ1n) is 6.19. The van der Waals surface area contributed by atoms with Crippen LogP contribution in [0.25, 0.3) is 0 Å². The largest absolute Gasteiger partial charge is 0.372 e. The number of nitrogens with one attached hydrogen (secondary N) is 2. The fourth-order valence-corrected chi connectivity index (χ4v) is 3.36. The van der Waals surface area contributed by atoms with Gasteiger partial charge in [-0.15, -0.1) is 11.3 Å². The average molecular weight is 260 g/mol. The summed E-state index contributed by atoms with van der Waals surface area (Å²) in [7, 11) is 1.85. The molecule has 0 spiro atoms. The Hall–Kier alpha value is -1.62. The molecule has 2 heterocycles. The van der Waals surface area contributed by atoms with E-state index in [0.29, 0.717) is 6.04 Å². The molecule has 94 valence electrons. The van der Waals surface area contributed by atoms with Crippen LogP contribution >= 0.6 is 11.3 Å². The lowest BCUT2D eigenvalue weighted by atomic mass is 9.94. The number of fused-ring (bicyclic) bond motifs is 1. The lowest BCUT2D eigenvalue weighted by molar-refractivity contribution is 0.607. The van der Waals surface area contributed by atoms with Gasteiger partial charge < -0.3 is 10.6 Å². The average Bonchev–Trinajstić information content (AvgIpc) is 2.88. The zero-order valence-corrected chi connectivity index (χ0v) is 11.1. The Kier molecular flexibility index (Phi) is 3.15. The molecule has 1 atom stereocenters. The highest BCUT2D eigenvalue weighted by Crippen LogP contribution is 2.35. The van der Waals surface area contributed by atoms with Gasteiger partial charge in [-0.25, -0.2) is 4.98 Å². The Bertz CT molecular complexity index is 537. The summed E-state index contributed by atoms with van der Waals surface area (Å²) in [6.07, 6.45) is 7.12. The molecule has 1 aliphatic carbocycles. The molecule has 0 bridgehead atoms. The van der Waals surface area contributed by atoms with E-state index in [2.05, 4.69) is 32.0 Å². The van der Waals surface area contributed by atoms with Gasteiger partial charge in [0, 0.05) is 11.9 Å². The third-order valence-corrected chi connectivity index (χ3v) is 4.26. The smallest absolute Gasteiger partial charge is 0.147 e. The van der Waals surface area contributed by atoms with Crippen molar-refractivity contribution in [3.63, 3.8) is 0 Å². The van der Waals surface area contributed by atoms with E-state index < -0.39 is 0 Å². The van der Waals surface area contributed by atoms with Crippen LogP contribution in [0, 0.1) is 0 Å². The van der Waals surface area contributed by atoms with Crippen molar-refractivity contribution >= 4 is 23.0 Å². The SMILES string of the molecule is CNc1cncc(NC2CCCc3sccc32)n1. The van der Waals surface area contributed by atoms with Crippen molar-refractivity contribution < 1.29 is 0 Å². The van der Waals surface area contributed by atoms with Crippen molar-refractivity contribution in [1.29, 1.82) is 0 Å². The zero-order valence-electron chi connectivity index (χ0n) is 10.3. The first-order chi connectivity index (χ1) is 8.86. The highest BCUT2D eigenvalue weighted by Gasteiger charge is 2.21. The monoisotopic (exact) mass is 260 g/mol. The van der Waals surface area contributed by atoms with Crippen molar-refractivity contribution in [2.45, 2.75) is 25.3 Å². The molecule has 2 N–H and O–H groups in total. The summed E-state index contributed by atoms with van der Waals surface area (Å²) in [4.78, 5) is 10.2. The van der Waals surface area contributed by atoms with Gasteiger partial charge in [0.25, 0.3) is 0 Å². The minimum atomic E-state index is 0.376. The number of aromatic nitrogens is 2. The highest BCUT2D eigenvalue weighted by atomic mass is 32.1. The first kappa shape index (κ1) is 11.5. The number of thiophene rings is 1. The molecule has 0 fully saturated rings. The maximum absolute atomic E-state index is 4.46. The number of aryl methyl sites for hydroxylation is 1. The fourth-order valence-electron chi connectivity index (χ4n) is 2.37. The molecule has 1 aliphatic rings. The molecule has 5 heteroatoms. The Morgan fingerprint density at radius 3 is 3.11 bits per heavy atom. The van der Waals surface area contributed by atoms with E-state index in [1.165, 1.54) is 23.3 Å². The first-order valence-corrected chi connectivity index (χ1v) is 7.07.